The van der Waals surface area contributed by atoms with E-state index in [0.29, 0.717) is 22.6 Å². The van der Waals surface area contributed by atoms with Gasteiger partial charge in [0.1, 0.15) is 23.1 Å². The topological polar surface area (TPSA) is 85.3 Å². The average Bonchev–Trinajstić information content (AvgIpc) is 2.73. The fourth-order valence-corrected chi connectivity index (χ4v) is 3.69. The number of carbonyl (C=O) groups is 1. The van der Waals surface area contributed by atoms with E-state index in [2.05, 4.69) is 22.0 Å². The lowest BCUT2D eigenvalue weighted by atomic mass is 9.83. The van der Waals surface area contributed by atoms with Crippen LogP contribution in [0.5, 0.6) is 11.5 Å². The van der Waals surface area contributed by atoms with Gasteiger partial charge in [-0.2, -0.15) is 5.26 Å². The van der Waals surface area contributed by atoms with Gasteiger partial charge in [-0.1, -0.05) is 52.3 Å². The lowest BCUT2D eigenvalue weighted by molar-refractivity contribution is 0.0734. The number of nitrogens with two attached hydrogens (primary N) is 1. The zero-order valence-corrected chi connectivity index (χ0v) is 16.7. The molecule has 0 aromatic heterocycles. The molecule has 1 aliphatic heterocycles. The molecule has 0 amide bonds. The first-order chi connectivity index (χ1) is 14.1. The largest absolute Gasteiger partial charge is 0.440 e. The molecule has 1 atom stereocenters. The number of hydrogen-bond acceptors (Lipinski definition) is 5. The molecule has 3 aromatic carbocycles. The van der Waals surface area contributed by atoms with Gasteiger partial charge < -0.3 is 15.2 Å². The Bertz CT molecular complexity index is 1170. The highest BCUT2D eigenvalue weighted by atomic mass is 79.9. The number of benzene rings is 3. The van der Waals surface area contributed by atoms with Gasteiger partial charge in [-0.25, -0.2) is 4.79 Å². The summed E-state index contributed by atoms with van der Waals surface area (Å²) in [6.45, 7) is 0. The van der Waals surface area contributed by atoms with Gasteiger partial charge in [-0.05, 0) is 35.9 Å². The van der Waals surface area contributed by atoms with E-state index in [9.17, 15) is 10.1 Å². The summed E-state index contributed by atoms with van der Waals surface area (Å²) in [5.41, 5.74) is 8.49. The summed E-state index contributed by atoms with van der Waals surface area (Å²) in [4.78, 5) is 12.3. The Hall–Kier alpha value is -3.56. The second-order valence-corrected chi connectivity index (χ2v) is 7.35. The molecule has 1 aliphatic rings. The number of esters is 1. The van der Waals surface area contributed by atoms with E-state index in [-0.39, 0.29) is 11.8 Å². The molecule has 1 heterocycles. The number of allylic oxidation sites excluding steroid dienone is 1. The van der Waals surface area contributed by atoms with E-state index in [4.69, 9.17) is 15.2 Å². The lowest BCUT2D eigenvalue weighted by Gasteiger charge is -2.26. The van der Waals surface area contributed by atoms with E-state index in [0.717, 1.165) is 15.6 Å². The van der Waals surface area contributed by atoms with Crippen molar-refractivity contribution in [1.29, 1.82) is 5.26 Å². The van der Waals surface area contributed by atoms with E-state index in [1.165, 1.54) is 0 Å². The van der Waals surface area contributed by atoms with Crippen LogP contribution in [0.4, 0.5) is 0 Å². The normalized spacial score (nSPS) is 15.1. The third-order valence-electron chi connectivity index (χ3n) is 4.59. The van der Waals surface area contributed by atoms with Crippen molar-refractivity contribution in [3.8, 4) is 17.6 Å². The molecular weight excluding hydrogens is 432 g/mol. The van der Waals surface area contributed by atoms with Crippen LogP contribution in [0.25, 0.3) is 0 Å². The minimum absolute atomic E-state index is 0.0384. The van der Waals surface area contributed by atoms with Crippen molar-refractivity contribution in [2.45, 2.75) is 5.92 Å². The maximum absolute atomic E-state index is 12.3. The van der Waals surface area contributed by atoms with Gasteiger partial charge in [0.25, 0.3) is 0 Å². The minimum Gasteiger partial charge on any atom is -0.440 e. The van der Waals surface area contributed by atoms with Crippen LogP contribution in [0.1, 0.15) is 27.4 Å². The number of carbonyl (C=O) groups excluding carboxylic acids is 1. The molecule has 4 rings (SSSR count). The molecule has 2 N–H and O–H groups in total. The fraction of sp³-hybridized carbons (Fsp3) is 0.0435. The van der Waals surface area contributed by atoms with Crippen LogP contribution in [0.2, 0.25) is 0 Å². The summed E-state index contributed by atoms with van der Waals surface area (Å²) in [6, 6.07) is 23.7. The van der Waals surface area contributed by atoms with Crippen molar-refractivity contribution < 1.29 is 14.3 Å². The van der Waals surface area contributed by atoms with Crippen molar-refractivity contribution in [2.24, 2.45) is 5.73 Å². The summed E-state index contributed by atoms with van der Waals surface area (Å²) in [5, 5.41) is 9.64. The Morgan fingerprint density at radius 2 is 1.86 bits per heavy atom. The Kier molecular flexibility index (Phi) is 5.07. The van der Waals surface area contributed by atoms with Crippen molar-refractivity contribution >= 4 is 21.9 Å². The van der Waals surface area contributed by atoms with Crippen LogP contribution < -0.4 is 15.2 Å². The second-order valence-electron chi connectivity index (χ2n) is 6.43. The summed E-state index contributed by atoms with van der Waals surface area (Å²) >= 11 is 3.47. The molecule has 0 saturated carbocycles. The molecule has 5 nitrogen and oxygen atoms in total. The highest BCUT2D eigenvalue weighted by molar-refractivity contribution is 9.10. The Balaban J connectivity index is 1.71. The monoisotopic (exact) mass is 446 g/mol. The molecule has 0 unspecified atom stereocenters. The first kappa shape index (κ1) is 18.8. The van der Waals surface area contributed by atoms with Crippen LogP contribution in [0.3, 0.4) is 0 Å². The predicted octanol–water partition coefficient (Wildman–Crippen LogP) is 4.89. The number of fused-ring (bicyclic) bond motifs is 1. The third kappa shape index (κ3) is 3.73. The number of nitriles is 1. The minimum atomic E-state index is -0.467. The van der Waals surface area contributed by atoms with Crippen molar-refractivity contribution in [3.05, 3.63) is 105 Å². The van der Waals surface area contributed by atoms with Crippen LogP contribution in [-0.4, -0.2) is 5.97 Å². The Labute approximate surface area is 176 Å². The number of nitrogens with zero attached hydrogens (tertiary/aromatic N) is 1. The number of hydrogen-bond donors (Lipinski definition) is 1. The lowest BCUT2D eigenvalue weighted by Crippen LogP contribution is -2.21. The molecule has 0 spiro atoms. The summed E-state index contributed by atoms with van der Waals surface area (Å²) in [7, 11) is 0. The number of ether oxygens (including phenoxy) is 2. The van der Waals surface area contributed by atoms with Gasteiger partial charge in [0.15, 0.2) is 0 Å². The maximum Gasteiger partial charge on any atom is 0.343 e. The Morgan fingerprint density at radius 3 is 2.59 bits per heavy atom. The van der Waals surface area contributed by atoms with Gasteiger partial charge in [0, 0.05) is 16.1 Å². The summed E-state index contributed by atoms with van der Waals surface area (Å²) < 4.78 is 12.0. The maximum atomic E-state index is 12.3. The standard InChI is InChI=1S/C23H15BrN2O3/c24-16-8-4-7-15(11-16)21-18-10-9-17(12-20(18)29-22(26)19(21)13-25)28-23(27)14-5-2-1-3-6-14/h1-12,21H,26H2/t21-/m0/s1. The smallest absolute Gasteiger partial charge is 0.343 e. The molecular formula is C23H15BrN2O3. The fourth-order valence-electron chi connectivity index (χ4n) is 3.27. The molecule has 0 aliphatic carbocycles. The zero-order valence-electron chi connectivity index (χ0n) is 15.1. The average molecular weight is 447 g/mol. The second kappa shape index (κ2) is 7.82. The van der Waals surface area contributed by atoms with Crippen LogP contribution in [0, 0.1) is 11.3 Å². The SMILES string of the molecule is N#CC1=C(N)Oc2cc(OC(=O)c3ccccc3)ccc2[C@@H]1c1cccc(Br)c1. The molecule has 142 valence electrons. The summed E-state index contributed by atoms with van der Waals surface area (Å²) in [6.07, 6.45) is 0. The molecule has 6 heteroatoms. The van der Waals surface area contributed by atoms with Crippen molar-refractivity contribution in [1.82, 2.24) is 0 Å². The number of halogens is 1. The highest BCUT2D eigenvalue weighted by Gasteiger charge is 2.31. The highest BCUT2D eigenvalue weighted by Crippen LogP contribution is 2.43. The third-order valence-corrected chi connectivity index (χ3v) is 5.09. The molecule has 29 heavy (non-hydrogen) atoms. The predicted molar refractivity (Wildman–Crippen MR) is 111 cm³/mol. The van der Waals surface area contributed by atoms with E-state index in [1.807, 2.05) is 30.3 Å². The van der Waals surface area contributed by atoms with Crippen LogP contribution >= 0.6 is 15.9 Å². The van der Waals surface area contributed by atoms with Gasteiger partial charge >= 0.3 is 5.97 Å². The molecule has 3 aromatic rings. The first-order valence-corrected chi connectivity index (χ1v) is 9.60. The quantitative estimate of drug-likeness (QED) is 0.457. The molecule has 0 radical (unpaired) electrons. The van der Waals surface area contributed by atoms with Crippen molar-refractivity contribution in [2.75, 3.05) is 0 Å². The van der Waals surface area contributed by atoms with E-state index in [1.54, 1.807) is 42.5 Å². The van der Waals surface area contributed by atoms with Crippen LogP contribution in [-0.2, 0) is 0 Å². The van der Waals surface area contributed by atoms with Crippen molar-refractivity contribution in [3.63, 3.8) is 0 Å². The van der Waals surface area contributed by atoms with E-state index >= 15 is 0 Å². The first-order valence-electron chi connectivity index (χ1n) is 8.81. The number of rotatable bonds is 3. The zero-order chi connectivity index (χ0) is 20.4. The van der Waals surface area contributed by atoms with E-state index < -0.39 is 5.97 Å². The van der Waals surface area contributed by atoms with Gasteiger partial charge in [-0.3, -0.25) is 0 Å². The van der Waals surface area contributed by atoms with Gasteiger partial charge in [0.05, 0.1) is 11.5 Å². The Morgan fingerprint density at radius 1 is 1.07 bits per heavy atom. The molecule has 0 saturated heterocycles. The van der Waals surface area contributed by atoms with Gasteiger partial charge in [-0.15, -0.1) is 0 Å². The summed E-state index contributed by atoms with van der Waals surface area (Å²) in [5.74, 6) is -0.0218. The van der Waals surface area contributed by atoms with Gasteiger partial charge in [0.2, 0.25) is 5.88 Å². The molecule has 0 bridgehead atoms. The van der Waals surface area contributed by atoms with Crippen LogP contribution in [0.15, 0.2) is 88.7 Å². The molecule has 0 fully saturated rings.